The Morgan fingerprint density at radius 1 is 1.04 bits per heavy atom. The third kappa shape index (κ3) is 4.09. The number of benzene rings is 2. The number of piperazine rings is 1. The van der Waals surface area contributed by atoms with E-state index >= 15 is 0 Å². The van der Waals surface area contributed by atoms with Crippen molar-refractivity contribution in [3.8, 4) is 5.75 Å². The summed E-state index contributed by atoms with van der Waals surface area (Å²) in [6.45, 7) is 3.55. The Morgan fingerprint density at radius 2 is 1.85 bits per heavy atom. The van der Waals surface area contributed by atoms with E-state index < -0.39 is 0 Å². The van der Waals surface area contributed by atoms with Crippen LogP contribution < -0.4 is 4.74 Å². The molecule has 1 saturated heterocycles. The van der Waals surface area contributed by atoms with Crippen molar-refractivity contribution in [1.29, 1.82) is 0 Å². The molecule has 0 aromatic heterocycles. The number of nitrogens with zero attached hydrogens (tertiary/aromatic N) is 2. The van der Waals surface area contributed by atoms with Crippen LogP contribution in [0.5, 0.6) is 5.75 Å². The van der Waals surface area contributed by atoms with E-state index in [9.17, 15) is 9.18 Å². The van der Waals surface area contributed by atoms with Crippen molar-refractivity contribution >= 4 is 12.0 Å². The van der Waals surface area contributed by atoms with Crippen LogP contribution in [0.4, 0.5) is 4.39 Å². The molecule has 2 aliphatic heterocycles. The van der Waals surface area contributed by atoms with Gasteiger partial charge in [0.25, 0.3) is 5.91 Å². The van der Waals surface area contributed by atoms with E-state index in [1.165, 1.54) is 6.07 Å². The molecule has 5 heteroatoms. The molecule has 0 radical (unpaired) electrons. The van der Waals surface area contributed by atoms with Crippen LogP contribution in [-0.2, 0) is 11.3 Å². The molecular weight excluding hydrogens is 343 g/mol. The summed E-state index contributed by atoms with van der Waals surface area (Å²) in [6.07, 6.45) is 5.16. The molecule has 0 N–H and O–H groups in total. The highest BCUT2D eigenvalue weighted by Gasteiger charge is 2.23. The third-order valence-corrected chi connectivity index (χ3v) is 4.87. The number of ether oxygens (including phenoxy) is 1. The van der Waals surface area contributed by atoms with Crippen LogP contribution in [0.1, 0.15) is 11.1 Å². The summed E-state index contributed by atoms with van der Waals surface area (Å²) < 4.78 is 18.9. The summed E-state index contributed by atoms with van der Waals surface area (Å²) in [7, 11) is 0. The molecule has 1 amide bonds. The van der Waals surface area contributed by atoms with Gasteiger partial charge in [-0.2, -0.15) is 0 Å². The van der Waals surface area contributed by atoms with E-state index in [-0.39, 0.29) is 11.7 Å². The van der Waals surface area contributed by atoms with Gasteiger partial charge in [-0.15, -0.1) is 0 Å². The second kappa shape index (κ2) is 7.76. The monoisotopic (exact) mass is 364 g/mol. The van der Waals surface area contributed by atoms with Gasteiger partial charge in [0, 0.05) is 43.9 Å². The molecule has 4 rings (SSSR count). The Labute approximate surface area is 158 Å². The zero-order valence-corrected chi connectivity index (χ0v) is 15.0. The Bertz CT molecular complexity index is 899. The highest BCUT2D eigenvalue weighted by molar-refractivity contribution is 6.01. The molecule has 2 heterocycles. The van der Waals surface area contributed by atoms with Gasteiger partial charge < -0.3 is 9.64 Å². The van der Waals surface area contributed by atoms with Crippen molar-refractivity contribution < 1.29 is 13.9 Å². The van der Waals surface area contributed by atoms with Crippen molar-refractivity contribution in [2.75, 3.05) is 26.2 Å². The van der Waals surface area contributed by atoms with Crippen molar-refractivity contribution in [1.82, 2.24) is 9.80 Å². The van der Waals surface area contributed by atoms with Gasteiger partial charge in [-0.3, -0.25) is 9.69 Å². The number of rotatable bonds is 3. The lowest BCUT2D eigenvalue weighted by Crippen LogP contribution is -2.48. The van der Waals surface area contributed by atoms with Crippen molar-refractivity contribution in [3.63, 3.8) is 0 Å². The van der Waals surface area contributed by atoms with Gasteiger partial charge in [0.1, 0.15) is 11.6 Å². The van der Waals surface area contributed by atoms with Crippen LogP contribution >= 0.6 is 0 Å². The molecule has 0 spiro atoms. The molecule has 27 heavy (non-hydrogen) atoms. The maximum absolute atomic E-state index is 13.3. The molecule has 0 aliphatic carbocycles. The third-order valence-electron chi connectivity index (χ3n) is 4.87. The average Bonchev–Trinajstić information content (AvgIpc) is 2.90. The molecule has 0 unspecified atom stereocenters. The average molecular weight is 364 g/mol. The van der Waals surface area contributed by atoms with Crippen LogP contribution in [0.2, 0.25) is 0 Å². The molecule has 4 nitrogen and oxygen atoms in total. The number of hydrogen-bond acceptors (Lipinski definition) is 3. The first kappa shape index (κ1) is 17.5. The number of hydrogen-bond donors (Lipinski definition) is 0. The van der Waals surface area contributed by atoms with Gasteiger partial charge in [-0.25, -0.2) is 4.39 Å². The first-order valence-corrected chi connectivity index (χ1v) is 9.09. The molecule has 2 aromatic carbocycles. The summed E-state index contributed by atoms with van der Waals surface area (Å²) >= 11 is 0. The highest BCUT2D eigenvalue weighted by Crippen LogP contribution is 2.25. The van der Waals surface area contributed by atoms with Crippen molar-refractivity contribution in [2.45, 2.75) is 6.54 Å². The van der Waals surface area contributed by atoms with E-state index in [2.05, 4.69) is 4.90 Å². The van der Waals surface area contributed by atoms with Gasteiger partial charge in [-0.1, -0.05) is 30.3 Å². The van der Waals surface area contributed by atoms with Crippen LogP contribution in [0, 0.1) is 5.82 Å². The predicted octanol–water partition coefficient (Wildman–Crippen LogP) is 3.46. The SMILES string of the molecule is O=C(C1=Cc2ccccc2OC=C1)N1CCN(Cc2cccc(F)c2)CC1. The minimum absolute atomic E-state index is 0.0111. The molecule has 1 fully saturated rings. The second-order valence-corrected chi connectivity index (χ2v) is 6.76. The Morgan fingerprint density at radius 3 is 2.67 bits per heavy atom. The molecule has 2 aromatic rings. The van der Waals surface area contributed by atoms with Crippen LogP contribution in [-0.4, -0.2) is 41.9 Å². The van der Waals surface area contributed by atoms with Crippen LogP contribution in [0.15, 0.2) is 66.4 Å². The van der Waals surface area contributed by atoms with Gasteiger partial charge in [-0.05, 0) is 35.9 Å². The zero-order valence-electron chi connectivity index (χ0n) is 15.0. The summed E-state index contributed by atoms with van der Waals surface area (Å²) in [4.78, 5) is 17.0. The number of carbonyl (C=O) groups is 1. The number of para-hydroxylation sites is 1. The lowest BCUT2D eigenvalue weighted by Gasteiger charge is -2.35. The maximum Gasteiger partial charge on any atom is 0.254 e. The van der Waals surface area contributed by atoms with E-state index in [0.717, 1.165) is 30.0 Å². The van der Waals surface area contributed by atoms with E-state index in [1.807, 2.05) is 41.3 Å². The van der Waals surface area contributed by atoms with Crippen molar-refractivity contribution in [3.05, 3.63) is 83.4 Å². The highest BCUT2D eigenvalue weighted by atomic mass is 19.1. The predicted molar refractivity (Wildman–Crippen MR) is 102 cm³/mol. The molecule has 0 atom stereocenters. The standard InChI is InChI=1S/C22H21FN2O2/c23-20-6-3-4-17(14-20)16-24-9-11-25(12-10-24)22(26)19-8-13-27-21-7-2-1-5-18(21)15-19/h1-8,13-15H,9-12,16H2. The number of fused-ring (bicyclic) bond motifs is 1. The first-order valence-electron chi connectivity index (χ1n) is 9.09. The summed E-state index contributed by atoms with van der Waals surface area (Å²) in [5, 5.41) is 0. The second-order valence-electron chi connectivity index (χ2n) is 6.76. The number of carbonyl (C=O) groups excluding carboxylic acids is 1. The topological polar surface area (TPSA) is 32.8 Å². The van der Waals surface area contributed by atoms with Gasteiger partial charge in [0.05, 0.1) is 6.26 Å². The first-order chi connectivity index (χ1) is 13.2. The molecule has 0 bridgehead atoms. The lowest BCUT2D eigenvalue weighted by atomic mass is 10.1. The van der Waals surface area contributed by atoms with Crippen LogP contribution in [0.3, 0.4) is 0 Å². The molecule has 138 valence electrons. The van der Waals surface area contributed by atoms with E-state index in [0.29, 0.717) is 25.2 Å². The quantitative estimate of drug-likeness (QED) is 0.836. The summed E-state index contributed by atoms with van der Waals surface area (Å²) in [5.74, 6) is 0.546. The molecular formula is C22H21FN2O2. The Hall–Kier alpha value is -2.92. The van der Waals surface area contributed by atoms with Gasteiger partial charge in [0.2, 0.25) is 0 Å². The zero-order chi connectivity index (χ0) is 18.6. The lowest BCUT2D eigenvalue weighted by molar-refractivity contribution is -0.128. The van der Waals surface area contributed by atoms with Gasteiger partial charge >= 0.3 is 0 Å². The fraction of sp³-hybridized carbons (Fsp3) is 0.227. The number of amides is 1. The summed E-state index contributed by atoms with van der Waals surface area (Å²) in [6, 6.07) is 14.3. The minimum Gasteiger partial charge on any atom is -0.464 e. The Kier molecular flexibility index (Phi) is 5.03. The van der Waals surface area contributed by atoms with Crippen LogP contribution in [0.25, 0.3) is 6.08 Å². The normalized spacial score (nSPS) is 16.9. The molecule has 0 saturated carbocycles. The largest absolute Gasteiger partial charge is 0.464 e. The Balaban J connectivity index is 1.39. The maximum atomic E-state index is 13.3. The smallest absolute Gasteiger partial charge is 0.254 e. The fourth-order valence-electron chi connectivity index (χ4n) is 3.42. The fourth-order valence-corrected chi connectivity index (χ4v) is 3.42. The minimum atomic E-state index is -0.212. The van der Waals surface area contributed by atoms with Gasteiger partial charge in [0.15, 0.2) is 0 Å². The molecule has 2 aliphatic rings. The van der Waals surface area contributed by atoms with E-state index in [1.54, 1.807) is 24.5 Å². The van der Waals surface area contributed by atoms with E-state index in [4.69, 9.17) is 4.74 Å². The summed E-state index contributed by atoms with van der Waals surface area (Å²) in [5.41, 5.74) is 2.48. The van der Waals surface area contributed by atoms with Crippen molar-refractivity contribution in [2.24, 2.45) is 0 Å². The number of halogens is 1.